The number of nitrogens with zero attached hydrogens (tertiary/aromatic N) is 6. The van der Waals surface area contributed by atoms with E-state index in [9.17, 15) is 4.79 Å². The standard InChI is InChI=1S/C21H26N6O3S/c1-13(16-22-18(25-30-16)21(2,3)4)31-20-24-23-19-26(11-8-12-29-5)17(28)14-9-6-7-10-15(14)27(19)20/h6-7,9-10,13H,8,11-12H2,1-5H3. The number of thioether (sulfide) groups is 1. The van der Waals surface area contributed by atoms with Crippen LogP contribution in [0.4, 0.5) is 0 Å². The highest BCUT2D eigenvalue weighted by Crippen LogP contribution is 2.34. The summed E-state index contributed by atoms with van der Waals surface area (Å²) in [6.45, 7) is 9.17. The number of hydrogen-bond donors (Lipinski definition) is 0. The van der Waals surface area contributed by atoms with Gasteiger partial charge in [-0.1, -0.05) is 49.8 Å². The van der Waals surface area contributed by atoms with Crippen LogP contribution in [0.2, 0.25) is 0 Å². The second-order valence-corrected chi connectivity index (χ2v) is 9.71. The lowest BCUT2D eigenvalue weighted by Crippen LogP contribution is -2.24. The molecule has 1 unspecified atom stereocenters. The summed E-state index contributed by atoms with van der Waals surface area (Å²) in [5, 5.41) is 14.0. The summed E-state index contributed by atoms with van der Waals surface area (Å²) in [6.07, 6.45) is 0.702. The highest BCUT2D eigenvalue weighted by molar-refractivity contribution is 7.99. The van der Waals surface area contributed by atoms with E-state index in [2.05, 4.69) is 20.3 Å². The van der Waals surface area contributed by atoms with Crippen LogP contribution in [0, 0.1) is 0 Å². The lowest BCUT2D eigenvalue weighted by molar-refractivity contribution is 0.190. The highest BCUT2D eigenvalue weighted by Gasteiger charge is 2.25. The zero-order chi connectivity index (χ0) is 22.2. The van der Waals surface area contributed by atoms with E-state index < -0.39 is 0 Å². The van der Waals surface area contributed by atoms with Crippen LogP contribution in [0.3, 0.4) is 0 Å². The lowest BCUT2D eigenvalue weighted by atomic mass is 9.96. The van der Waals surface area contributed by atoms with Crippen molar-refractivity contribution >= 4 is 28.4 Å². The third-order valence-corrected chi connectivity index (χ3v) is 5.98. The van der Waals surface area contributed by atoms with Crippen LogP contribution in [0.25, 0.3) is 16.7 Å². The normalized spacial score (nSPS) is 13.3. The van der Waals surface area contributed by atoms with Crippen LogP contribution in [0.5, 0.6) is 0 Å². The minimum atomic E-state index is -0.192. The van der Waals surface area contributed by atoms with Crippen LogP contribution < -0.4 is 5.56 Å². The van der Waals surface area contributed by atoms with Crippen molar-refractivity contribution in [1.29, 1.82) is 0 Å². The van der Waals surface area contributed by atoms with Crippen molar-refractivity contribution in [3.63, 3.8) is 0 Å². The summed E-state index contributed by atoms with van der Waals surface area (Å²) < 4.78 is 14.2. The molecule has 0 fully saturated rings. The molecule has 0 bridgehead atoms. The maximum absolute atomic E-state index is 13.1. The number of rotatable bonds is 7. The second kappa shape index (κ2) is 8.43. The maximum Gasteiger partial charge on any atom is 0.262 e. The average molecular weight is 443 g/mol. The van der Waals surface area contributed by atoms with Crippen LogP contribution in [0.1, 0.15) is 51.1 Å². The zero-order valence-corrected chi connectivity index (χ0v) is 19.1. The molecule has 3 aromatic heterocycles. The molecule has 1 atom stereocenters. The fourth-order valence-corrected chi connectivity index (χ4v) is 4.18. The number of aromatic nitrogens is 6. The third-order valence-electron chi connectivity index (χ3n) is 4.95. The van der Waals surface area contributed by atoms with E-state index in [0.717, 1.165) is 5.52 Å². The molecule has 4 aromatic rings. The quantitative estimate of drug-likeness (QED) is 0.316. The van der Waals surface area contributed by atoms with Gasteiger partial charge >= 0.3 is 0 Å². The summed E-state index contributed by atoms with van der Waals surface area (Å²) >= 11 is 1.47. The van der Waals surface area contributed by atoms with Crippen LogP contribution >= 0.6 is 11.8 Å². The molecule has 0 saturated heterocycles. The molecule has 0 aliphatic carbocycles. The predicted molar refractivity (Wildman–Crippen MR) is 119 cm³/mol. The highest BCUT2D eigenvalue weighted by atomic mass is 32.2. The van der Waals surface area contributed by atoms with Crippen LogP contribution in [0.15, 0.2) is 38.7 Å². The summed E-state index contributed by atoms with van der Waals surface area (Å²) in [5.41, 5.74) is 0.497. The van der Waals surface area contributed by atoms with E-state index in [1.54, 1.807) is 11.7 Å². The average Bonchev–Trinajstić information content (AvgIpc) is 3.38. The molecule has 0 saturated carbocycles. The van der Waals surface area contributed by atoms with E-state index in [4.69, 9.17) is 9.26 Å². The Labute approximate surface area is 183 Å². The van der Waals surface area contributed by atoms with Gasteiger partial charge in [0.25, 0.3) is 5.56 Å². The van der Waals surface area contributed by atoms with Gasteiger partial charge in [0.1, 0.15) is 0 Å². The minimum Gasteiger partial charge on any atom is -0.385 e. The number of aryl methyl sites for hydroxylation is 1. The Balaban J connectivity index is 1.77. The molecule has 0 amide bonds. The van der Waals surface area contributed by atoms with Crippen molar-refractivity contribution in [2.45, 2.75) is 56.5 Å². The molecule has 0 spiro atoms. The van der Waals surface area contributed by atoms with Gasteiger partial charge in [-0.05, 0) is 25.5 Å². The molecule has 0 aliphatic heterocycles. The SMILES string of the molecule is COCCCn1c(=O)c2ccccc2n2c(SC(C)c3nc(C(C)(C)C)no3)nnc12. The van der Waals surface area contributed by atoms with E-state index in [1.807, 2.05) is 56.4 Å². The van der Waals surface area contributed by atoms with Gasteiger partial charge in [0, 0.05) is 25.7 Å². The molecule has 3 heterocycles. The summed E-state index contributed by atoms with van der Waals surface area (Å²) in [7, 11) is 1.65. The van der Waals surface area contributed by atoms with Gasteiger partial charge in [0.2, 0.25) is 11.7 Å². The number of para-hydroxylation sites is 1. The Morgan fingerprint density at radius 3 is 2.71 bits per heavy atom. The zero-order valence-electron chi connectivity index (χ0n) is 18.3. The van der Waals surface area contributed by atoms with Crippen molar-refractivity contribution in [2.24, 2.45) is 0 Å². The van der Waals surface area contributed by atoms with Gasteiger partial charge in [-0.2, -0.15) is 4.98 Å². The third kappa shape index (κ3) is 4.09. The molecular weight excluding hydrogens is 416 g/mol. The first-order valence-electron chi connectivity index (χ1n) is 10.2. The topological polar surface area (TPSA) is 100 Å². The molecule has 164 valence electrons. The molecule has 4 rings (SSSR count). The van der Waals surface area contributed by atoms with Gasteiger partial charge in [0.05, 0.1) is 16.2 Å². The second-order valence-electron chi connectivity index (χ2n) is 8.40. The Bertz CT molecular complexity index is 1270. The minimum absolute atomic E-state index is 0.0806. The number of methoxy groups -OCH3 is 1. The summed E-state index contributed by atoms with van der Waals surface area (Å²) in [6, 6.07) is 7.50. The molecule has 0 radical (unpaired) electrons. The van der Waals surface area contributed by atoms with Gasteiger partial charge < -0.3 is 9.26 Å². The number of benzene rings is 1. The Morgan fingerprint density at radius 1 is 1.23 bits per heavy atom. The van der Waals surface area contributed by atoms with E-state index >= 15 is 0 Å². The van der Waals surface area contributed by atoms with Crippen molar-refractivity contribution < 1.29 is 9.26 Å². The van der Waals surface area contributed by atoms with Gasteiger partial charge in [-0.3, -0.25) is 13.8 Å². The van der Waals surface area contributed by atoms with Gasteiger partial charge in [-0.15, -0.1) is 10.2 Å². The first kappa shape index (κ1) is 21.5. The van der Waals surface area contributed by atoms with E-state index in [1.165, 1.54) is 11.8 Å². The number of fused-ring (bicyclic) bond motifs is 3. The Kier molecular flexibility index (Phi) is 5.85. The lowest BCUT2D eigenvalue weighted by Gasteiger charge is -2.12. The number of hydrogen-bond acceptors (Lipinski definition) is 8. The van der Waals surface area contributed by atoms with Gasteiger partial charge in [0.15, 0.2) is 11.0 Å². The number of ether oxygens (including phenoxy) is 1. The summed E-state index contributed by atoms with van der Waals surface area (Å²) in [4.78, 5) is 17.6. The van der Waals surface area contributed by atoms with Crippen molar-refractivity contribution in [3.05, 3.63) is 46.3 Å². The van der Waals surface area contributed by atoms with Crippen molar-refractivity contribution in [3.8, 4) is 0 Å². The fourth-order valence-electron chi connectivity index (χ4n) is 3.29. The molecule has 9 nitrogen and oxygen atoms in total. The maximum atomic E-state index is 13.1. The van der Waals surface area contributed by atoms with E-state index in [-0.39, 0.29) is 16.2 Å². The molecule has 10 heteroatoms. The molecule has 0 N–H and O–H groups in total. The van der Waals surface area contributed by atoms with Crippen molar-refractivity contribution in [1.82, 2.24) is 29.3 Å². The largest absolute Gasteiger partial charge is 0.385 e. The molecular formula is C21H26N6O3S. The Morgan fingerprint density at radius 2 is 2.00 bits per heavy atom. The Hall–Kier alpha value is -2.72. The summed E-state index contributed by atoms with van der Waals surface area (Å²) in [5.74, 6) is 1.71. The fraction of sp³-hybridized carbons (Fsp3) is 0.476. The molecule has 31 heavy (non-hydrogen) atoms. The molecule has 1 aromatic carbocycles. The smallest absolute Gasteiger partial charge is 0.262 e. The first-order chi connectivity index (χ1) is 14.8. The monoisotopic (exact) mass is 442 g/mol. The first-order valence-corrected chi connectivity index (χ1v) is 11.1. The van der Waals surface area contributed by atoms with Gasteiger partial charge in [-0.25, -0.2) is 0 Å². The molecule has 0 aliphatic rings. The van der Waals surface area contributed by atoms with Crippen LogP contribution in [-0.4, -0.2) is 43.0 Å². The van der Waals surface area contributed by atoms with Crippen LogP contribution in [-0.2, 0) is 16.7 Å². The van der Waals surface area contributed by atoms with Crippen molar-refractivity contribution in [2.75, 3.05) is 13.7 Å². The van der Waals surface area contributed by atoms with E-state index in [0.29, 0.717) is 47.6 Å². The predicted octanol–water partition coefficient (Wildman–Crippen LogP) is 3.61.